The smallest absolute Gasteiger partial charge is 0.287 e. The van der Waals surface area contributed by atoms with E-state index in [9.17, 15) is 4.79 Å². The monoisotopic (exact) mass is 421 g/mol. The number of benzene rings is 3. The Morgan fingerprint density at radius 3 is 2.29 bits per heavy atom. The SMILES string of the molecule is COc1ccc(C)cc1NC(=O)[C@@H]([NH2+]CCOc1ccccc1OC)c1ccccc1. The van der Waals surface area contributed by atoms with Crippen molar-refractivity contribution in [3.63, 3.8) is 0 Å². The second-order valence-corrected chi connectivity index (χ2v) is 7.11. The summed E-state index contributed by atoms with van der Waals surface area (Å²) in [7, 11) is 3.21. The minimum absolute atomic E-state index is 0.118. The first-order valence-electron chi connectivity index (χ1n) is 10.2. The Kier molecular flexibility index (Phi) is 7.90. The van der Waals surface area contributed by atoms with E-state index in [1.54, 1.807) is 14.2 Å². The molecule has 6 nitrogen and oxygen atoms in total. The predicted octanol–water partition coefficient (Wildman–Crippen LogP) is 3.33. The Labute approximate surface area is 183 Å². The van der Waals surface area contributed by atoms with Crippen LogP contribution in [0, 0.1) is 6.92 Å². The molecule has 0 aliphatic heterocycles. The van der Waals surface area contributed by atoms with E-state index >= 15 is 0 Å². The van der Waals surface area contributed by atoms with Gasteiger partial charge in [-0.1, -0.05) is 48.5 Å². The summed E-state index contributed by atoms with van der Waals surface area (Å²) in [6.07, 6.45) is 0. The molecule has 0 aromatic heterocycles. The van der Waals surface area contributed by atoms with Crippen LogP contribution in [-0.4, -0.2) is 33.3 Å². The van der Waals surface area contributed by atoms with Gasteiger partial charge in [0.1, 0.15) is 18.9 Å². The molecule has 162 valence electrons. The number of methoxy groups -OCH3 is 2. The van der Waals surface area contributed by atoms with Crippen molar-refractivity contribution < 1.29 is 24.3 Å². The van der Waals surface area contributed by atoms with Crippen LogP contribution in [0.4, 0.5) is 5.69 Å². The Balaban J connectivity index is 1.69. The first-order chi connectivity index (χ1) is 15.1. The van der Waals surface area contributed by atoms with Gasteiger partial charge in [-0.05, 0) is 36.8 Å². The van der Waals surface area contributed by atoms with E-state index in [2.05, 4.69) is 5.32 Å². The summed E-state index contributed by atoms with van der Waals surface area (Å²) in [5.74, 6) is 1.88. The summed E-state index contributed by atoms with van der Waals surface area (Å²) < 4.78 is 16.6. The van der Waals surface area contributed by atoms with Gasteiger partial charge in [0.25, 0.3) is 5.91 Å². The Morgan fingerprint density at radius 1 is 0.903 bits per heavy atom. The van der Waals surface area contributed by atoms with Gasteiger partial charge >= 0.3 is 0 Å². The summed E-state index contributed by atoms with van der Waals surface area (Å²) >= 11 is 0. The van der Waals surface area contributed by atoms with E-state index in [0.29, 0.717) is 36.1 Å². The number of quaternary nitrogens is 1. The maximum absolute atomic E-state index is 13.2. The van der Waals surface area contributed by atoms with Crippen LogP contribution in [0.3, 0.4) is 0 Å². The molecule has 1 amide bonds. The molecule has 6 heteroatoms. The molecular formula is C25H29N2O4+. The molecule has 0 bridgehead atoms. The third-order valence-electron chi connectivity index (χ3n) is 4.90. The number of aryl methyl sites for hydroxylation is 1. The van der Waals surface area contributed by atoms with Crippen LogP contribution in [0.25, 0.3) is 0 Å². The van der Waals surface area contributed by atoms with Crippen LogP contribution in [0.2, 0.25) is 0 Å². The summed E-state index contributed by atoms with van der Waals surface area (Å²) in [5, 5.41) is 5.00. The third-order valence-corrected chi connectivity index (χ3v) is 4.90. The lowest BCUT2D eigenvalue weighted by Crippen LogP contribution is -2.88. The Hall–Kier alpha value is -3.51. The number of carbonyl (C=O) groups is 1. The fraction of sp³-hybridized carbons (Fsp3) is 0.240. The van der Waals surface area contributed by atoms with Crippen LogP contribution in [0.5, 0.6) is 17.2 Å². The number of para-hydroxylation sites is 2. The minimum atomic E-state index is -0.423. The largest absolute Gasteiger partial charge is 0.495 e. The molecular weight excluding hydrogens is 392 g/mol. The van der Waals surface area contributed by atoms with E-state index < -0.39 is 6.04 Å². The predicted molar refractivity (Wildman–Crippen MR) is 121 cm³/mol. The number of hydrogen-bond donors (Lipinski definition) is 2. The molecule has 0 unspecified atom stereocenters. The highest BCUT2D eigenvalue weighted by Gasteiger charge is 2.25. The fourth-order valence-electron chi connectivity index (χ4n) is 3.33. The van der Waals surface area contributed by atoms with Gasteiger partial charge in [-0.3, -0.25) is 4.79 Å². The molecule has 3 N–H and O–H groups in total. The second kappa shape index (κ2) is 11.0. The zero-order chi connectivity index (χ0) is 22.1. The summed E-state index contributed by atoms with van der Waals surface area (Å²) in [4.78, 5) is 13.2. The van der Waals surface area contributed by atoms with E-state index in [1.807, 2.05) is 85.0 Å². The topological polar surface area (TPSA) is 73.4 Å². The van der Waals surface area contributed by atoms with Gasteiger partial charge in [0.2, 0.25) is 0 Å². The zero-order valence-corrected chi connectivity index (χ0v) is 18.1. The molecule has 0 saturated carbocycles. The van der Waals surface area contributed by atoms with Crippen molar-refractivity contribution >= 4 is 11.6 Å². The van der Waals surface area contributed by atoms with Gasteiger partial charge < -0.3 is 24.8 Å². The molecule has 0 fully saturated rings. The maximum atomic E-state index is 13.2. The maximum Gasteiger partial charge on any atom is 0.287 e. The molecule has 31 heavy (non-hydrogen) atoms. The molecule has 3 aromatic carbocycles. The lowest BCUT2D eigenvalue weighted by atomic mass is 10.1. The lowest BCUT2D eigenvalue weighted by molar-refractivity contribution is -0.682. The molecule has 0 heterocycles. The molecule has 0 aliphatic rings. The highest BCUT2D eigenvalue weighted by Crippen LogP contribution is 2.27. The zero-order valence-electron chi connectivity index (χ0n) is 18.1. The third kappa shape index (κ3) is 5.99. The van der Waals surface area contributed by atoms with Crippen molar-refractivity contribution in [2.45, 2.75) is 13.0 Å². The summed E-state index contributed by atoms with van der Waals surface area (Å²) in [6, 6.07) is 22.5. The number of nitrogens with two attached hydrogens (primary N) is 1. The van der Waals surface area contributed by atoms with Crippen LogP contribution >= 0.6 is 0 Å². The number of ether oxygens (including phenoxy) is 3. The molecule has 0 spiro atoms. The van der Waals surface area contributed by atoms with Crippen LogP contribution < -0.4 is 24.8 Å². The van der Waals surface area contributed by atoms with Crippen molar-refractivity contribution in [2.24, 2.45) is 0 Å². The average molecular weight is 422 g/mol. The fourth-order valence-corrected chi connectivity index (χ4v) is 3.33. The summed E-state index contributed by atoms with van der Waals surface area (Å²) in [6.45, 7) is 3.01. The second-order valence-electron chi connectivity index (χ2n) is 7.11. The first-order valence-corrected chi connectivity index (χ1v) is 10.2. The molecule has 0 saturated heterocycles. The number of carbonyl (C=O) groups excluding carboxylic acids is 1. The van der Waals surface area contributed by atoms with Crippen molar-refractivity contribution in [2.75, 3.05) is 32.7 Å². The molecule has 3 rings (SSSR count). The minimum Gasteiger partial charge on any atom is -0.495 e. The average Bonchev–Trinajstić information content (AvgIpc) is 2.80. The normalized spacial score (nSPS) is 11.5. The van der Waals surface area contributed by atoms with Crippen molar-refractivity contribution in [3.05, 3.63) is 83.9 Å². The number of nitrogens with one attached hydrogen (secondary N) is 1. The van der Waals surface area contributed by atoms with Crippen molar-refractivity contribution in [1.29, 1.82) is 0 Å². The first kappa shape index (κ1) is 22.2. The molecule has 0 aliphatic carbocycles. The number of amides is 1. The highest BCUT2D eigenvalue weighted by atomic mass is 16.5. The van der Waals surface area contributed by atoms with Crippen LogP contribution in [-0.2, 0) is 4.79 Å². The number of anilines is 1. The number of hydrogen-bond acceptors (Lipinski definition) is 4. The standard InChI is InChI=1S/C25H28N2O4/c1-18-13-14-21(29-2)20(17-18)27-25(28)24(19-9-5-4-6-10-19)26-15-16-31-23-12-8-7-11-22(23)30-3/h4-14,17,24,26H,15-16H2,1-3H3,(H,27,28)/p+1/t24-/m0/s1. The van der Waals surface area contributed by atoms with Gasteiger partial charge in [0, 0.05) is 5.56 Å². The molecule has 3 aromatic rings. The van der Waals surface area contributed by atoms with Crippen molar-refractivity contribution in [1.82, 2.24) is 0 Å². The van der Waals surface area contributed by atoms with Gasteiger partial charge in [-0.15, -0.1) is 0 Å². The van der Waals surface area contributed by atoms with Crippen LogP contribution in [0.15, 0.2) is 72.8 Å². The van der Waals surface area contributed by atoms with E-state index in [1.165, 1.54) is 0 Å². The van der Waals surface area contributed by atoms with Crippen molar-refractivity contribution in [3.8, 4) is 17.2 Å². The van der Waals surface area contributed by atoms with E-state index in [-0.39, 0.29) is 5.91 Å². The van der Waals surface area contributed by atoms with Gasteiger partial charge in [0.15, 0.2) is 17.5 Å². The van der Waals surface area contributed by atoms with Gasteiger partial charge in [-0.2, -0.15) is 0 Å². The molecule has 0 radical (unpaired) electrons. The highest BCUT2D eigenvalue weighted by molar-refractivity contribution is 5.95. The van der Waals surface area contributed by atoms with Gasteiger partial charge in [0.05, 0.1) is 19.9 Å². The lowest BCUT2D eigenvalue weighted by Gasteiger charge is -2.18. The summed E-state index contributed by atoms with van der Waals surface area (Å²) in [5.41, 5.74) is 2.62. The molecule has 1 atom stereocenters. The van der Waals surface area contributed by atoms with Crippen LogP contribution in [0.1, 0.15) is 17.2 Å². The Bertz CT molecular complexity index is 992. The van der Waals surface area contributed by atoms with Gasteiger partial charge in [-0.25, -0.2) is 0 Å². The van der Waals surface area contributed by atoms with E-state index in [4.69, 9.17) is 14.2 Å². The Morgan fingerprint density at radius 2 is 1.58 bits per heavy atom. The quantitative estimate of drug-likeness (QED) is 0.493. The number of rotatable bonds is 10. The van der Waals surface area contributed by atoms with E-state index in [0.717, 1.165) is 11.1 Å².